The van der Waals surface area contributed by atoms with Gasteiger partial charge in [-0.1, -0.05) is 19.9 Å². The van der Waals surface area contributed by atoms with Gasteiger partial charge in [0.05, 0.1) is 26.9 Å². The average Bonchev–Trinajstić information content (AvgIpc) is 2.60. The van der Waals surface area contributed by atoms with Crippen molar-refractivity contribution in [3.8, 4) is 5.75 Å². The first kappa shape index (κ1) is 21.2. The number of aromatic hydroxyl groups is 1. The van der Waals surface area contributed by atoms with E-state index >= 15 is 0 Å². The average molecular weight is 379 g/mol. The van der Waals surface area contributed by atoms with Crippen LogP contribution in [0.5, 0.6) is 5.75 Å². The number of rotatable bonds is 6. The summed E-state index contributed by atoms with van der Waals surface area (Å²) in [5.74, 6) is 0.416. The highest BCUT2D eigenvalue weighted by Crippen LogP contribution is 2.38. The second-order valence-corrected chi connectivity index (χ2v) is 5.59. The van der Waals surface area contributed by atoms with Crippen molar-refractivity contribution in [1.82, 2.24) is 4.98 Å². The molecule has 0 aliphatic rings. The first-order chi connectivity index (χ1) is 12.6. The van der Waals surface area contributed by atoms with E-state index in [4.69, 9.17) is 5.11 Å². The molecule has 1 heterocycles. The monoisotopic (exact) mass is 379 g/mol. The van der Waals surface area contributed by atoms with E-state index in [0.29, 0.717) is 18.1 Å². The standard InChI is InChI=1S/C9H14N2.C6H3N3O7/c1-8(2)7-11-9-5-3-4-6-10-9;10-6-4(8(13)14)1-3(7(11)12)2-5(6)9(15)16/h3-6,8H,7H2,1-2H3,(H,10,11);1-2,10H. The predicted octanol–water partition coefficient (Wildman–Crippen LogP) is 3.27. The quantitative estimate of drug-likeness (QED) is 0.563. The van der Waals surface area contributed by atoms with Crippen molar-refractivity contribution in [2.24, 2.45) is 5.92 Å². The molecule has 0 bridgehead atoms. The molecule has 0 spiro atoms. The molecule has 1 aromatic heterocycles. The maximum absolute atomic E-state index is 10.4. The van der Waals surface area contributed by atoms with E-state index in [1.807, 2.05) is 18.2 Å². The predicted molar refractivity (Wildman–Crippen MR) is 95.6 cm³/mol. The smallest absolute Gasteiger partial charge is 0.324 e. The van der Waals surface area contributed by atoms with Crippen LogP contribution in [0.25, 0.3) is 0 Å². The first-order valence-corrected chi connectivity index (χ1v) is 7.58. The van der Waals surface area contributed by atoms with E-state index in [9.17, 15) is 30.3 Å². The van der Waals surface area contributed by atoms with Crippen LogP contribution < -0.4 is 5.32 Å². The number of anilines is 1. The Hall–Kier alpha value is -3.83. The molecule has 0 unspecified atom stereocenters. The molecule has 144 valence electrons. The van der Waals surface area contributed by atoms with Gasteiger partial charge in [0.25, 0.3) is 11.4 Å². The minimum absolute atomic E-state index is 0.447. The Morgan fingerprint density at radius 1 is 1.04 bits per heavy atom. The number of nitrogens with zero attached hydrogens (tertiary/aromatic N) is 4. The van der Waals surface area contributed by atoms with Gasteiger partial charge in [-0.3, -0.25) is 30.3 Å². The Morgan fingerprint density at radius 2 is 1.59 bits per heavy atom. The van der Waals surface area contributed by atoms with Gasteiger partial charge < -0.3 is 10.4 Å². The minimum Gasteiger partial charge on any atom is -0.497 e. The summed E-state index contributed by atoms with van der Waals surface area (Å²) in [6.45, 7) is 5.34. The van der Waals surface area contributed by atoms with E-state index in [0.717, 1.165) is 12.4 Å². The van der Waals surface area contributed by atoms with Crippen molar-refractivity contribution >= 4 is 22.9 Å². The number of phenols is 1. The van der Waals surface area contributed by atoms with E-state index in [-0.39, 0.29) is 0 Å². The SMILES string of the molecule is CC(C)CNc1ccccn1.O=[N+]([O-])c1cc([N+](=O)[O-])c(O)c([N+](=O)[O-])c1. The van der Waals surface area contributed by atoms with Crippen LogP contribution in [-0.4, -0.2) is 31.4 Å². The summed E-state index contributed by atoms with van der Waals surface area (Å²) in [7, 11) is 0. The van der Waals surface area contributed by atoms with E-state index < -0.39 is 37.6 Å². The van der Waals surface area contributed by atoms with Crippen molar-refractivity contribution in [2.45, 2.75) is 13.8 Å². The summed E-state index contributed by atoms with van der Waals surface area (Å²) < 4.78 is 0. The van der Waals surface area contributed by atoms with Gasteiger partial charge in [-0.2, -0.15) is 0 Å². The number of hydrogen-bond donors (Lipinski definition) is 2. The number of phenolic OH excluding ortho intramolecular Hbond substituents is 1. The maximum atomic E-state index is 10.4. The first-order valence-electron chi connectivity index (χ1n) is 7.58. The Kier molecular flexibility index (Phi) is 7.54. The van der Waals surface area contributed by atoms with Crippen LogP contribution in [0.15, 0.2) is 36.5 Å². The van der Waals surface area contributed by atoms with Crippen LogP contribution in [0.2, 0.25) is 0 Å². The van der Waals surface area contributed by atoms with Gasteiger partial charge in [0, 0.05) is 12.7 Å². The highest BCUT2D eigenvalue weighted by atomic mass is 16.6. The zero-order valence-corrected chi connectivity index (χ0v) is 14.4. The lowest BCUT2D eigenvalue weighted by Crippen LogP contribution is -2.08. The fourth-order valence-corrected chi connectivity index (χ4v) is 1.75. The molecular weight excluding hydrogens is 362 g/mol. The lowest BCUT2D eigenvalue weighted by Gasteiger charge is -2.06. The molecule has 0 amide bonds. The van der Waals surface area contributed by atoms with Gasteiger partial charge in [-0.15, -0.1) is 0 Å². The number of nitro groups is 3. The summed E-state index contributed by atoms with van der Waals surface area (Å²) in [6, 6.07) is 6.77. The summed E-state index contributed by atoms with van der Waals surface area (Å²) in [5.41, 5.74) is -3.00. The van der Waals surface area contributed by atoms with Crippen LogP contribution in [0, 0.1) is 36.3 Å². The second kappa shape index (κ2) is 9.60. The molecule has 0 saturated carbocycles. The number of nitrogens with one attached hydrogen (secondary N) is 1. The van der Waals surface area contributed by atoms with Gasteiger partial charge in [0.15, 0.2) is 0 Å². The lowest BCUT2D eigenvalue weighted by atomic mass is 10.2. The van der Waals surface area contributed by atoms with Crippen LogP contribution in [0.4, 0.5) is 22.9 Å². The van der Waals surface area contributed by atoms with E-state index in [1.54, 1.807) is 6.20 Å². The molecule has 2 N–H and O–H groups in total. The van der Waals surface area contributed by atoms with Gasteiger partial charge in [-0.05, 0) is 18.1 Å². The Bertz CT molecular complexity index is 792. The van der Waals surface area contributed by atoms with Gasteiger partial charge in [0.2, 0.25) is 0 Å². The summed E-state index contributed by atoms with van der Waals surface area (Å²) in [4.78, 5) is 31.9. The van der Waals surface area contributed by atoms with Crippen molar-refractivity contribution in [3.05, 3.63) is 66.9 Å². The fraction of sp³-hybridized carbons (Fsp3) is 0.267. The third-order valence-electron chi connectivity index (χ3n) is 3.01. The molecule has 0 atom stereocenters. The van der Waals surface area contributed by atoms with Crippen LogP contribution in [0.3, 0.4) is 0 Å². The summed E-state index contributed by atoms with van der Waals surface area (Å²) >= 11 is 0. The Labute approximate surface area is 152 Å². The number of nitro benzene ring substituents is 3. The molecule has 0 saturated heterocycles. The molecule has 0 aliphatic carbocycles. The van der Waals surface area contributed by atoms with Gasteiger partial charge in [-0.25, -0.2) is 4.98 Å². The summed E-state index contributed by atoms with van der Waals surface area (Å²) in [6.07, 6.45) is 1.79. The van der Waals surface area contributed by atoms with Crippen LogP contribution in [-0.2, 0) is 0 Å². The Balaban J connectivity index is 0.000000289. The third-order valence-corrected chi connectivity index (χ3v) is 3.01. The van der Waals surface area contributed by atoms with Crippen molar-refractivity contribution in [1.29, 1.82) is 0 Å². The third kappa shape index (κ3) is 6.53. The lowest BCUT2D eigenvalue weighted by molar-refractivity contribution is -0.404. The van der Waals surface area contributed by atoms with E-state index in [1.165, 1.54) is 0 Å². The van der Waals surface area contributed by atoms with Crippen LogP contribution in [0.1, 0.15) is 13.8 Å². The van der Waals surface area contributed by atoms with Crippen molar-refractivity contribution < 1.29 is 19.9 Å². The van der Waals surface area contributed by atoms with Crippen molar-refractivity contribution in [2.75, 3.05) is 11.9 Å². The second-order valence-electron chi connectivity index (χ2n) is 5.59. The minimum atomic E-state index is -1.21. The highest BCUT2D eigenvalue weighted by Gasteiger charge is 2.30. The molecular formula is C15H17N5O7. The van der Waals surface area contributed by atoms with Gasteiger partial charge in [0.1, 0.15) is 5.82 Å². The normalized spacial score (nSPS) is 9.89. The number of pyridine rings is 1. The summed E-state index contributed by atoms with van der Waals surface area (Å²) in [5, 5.41) is 43.4. The van der Waals surface area contributed by atoms with Gasteiger partial charge >= 0.3 is 11.4 Å². The van der Waals surface area contributed by atoms with Crippen molar-refractivity contribution in [3.63, 3.8) is 0 Å². The largest absolute Gasteiger partial charge is 0.497 e. The molecule has 12 heteroatoms. The molecule has 0 radical (unpaired) electrons. The molecule has 0 fully saturated rings. The zero-order valence-electron chi connectivity index (χ0n) is 14.4. The molecule has 2 aromatic rings. The molecule has 27 heavy (non-hydrogen) atoms. The molecule has 1 aromatic carbocycles. The zero-order chi connectivity index (χ0) is 20.6. The molecule has 12 nitrogen and oxygen atoms in total. The fourth-order valence-electron chi connectivity index (χ4n) is 1.75. The molecule has 0 aliphatic heterocycles. The highest BCUT2D eigenvalue weighted by molar-refractivity contribution is 5.64. The topological polar surface area (TPSA) is 175 Å². The number of aromatic nitrogens is 1. The number of non-ortho nitro benzene ring substituents is 1. The number of benzene rings is 1. The number of hydrogen-bond acceptors (Lipinski definition) is 9. The maximum Gasteiger partial charge on any atom is 0.324 e. The Morgan fingerprint density at radius 3 is 1.96 bits per heavy atom. The molecule has 2 rings (SSSR count). The van der Waals surface area contributed by atoms with E-state index in [2.05, 4.69) is 24.1 Å². The van der Waals surface area contributed by atoms with Crippen LogP contribution >= 0.6 is 0 Å².